The maximum atomic E-state index is 12.1. The first kappa shape index (κ1) is 15.5. The lowest BCUT2D eigenvalue weighted by molar-refractivity contribution is 0.0526. The zero-order valence-electron chi connectivity index (χ0n) is 12.2. The quantitative estimate of drug-likeness (QED) is 0.908. The first-order chi connectivity index (χ1) is 9.79. The maximum Gasteiger partial charge on any atom is 0.251 e. The van der Waals surface area contributed by atoms with Crippen LogP contribution in [0.5, 0.6) is 0 Å². The second kappa shape index (κ2) is 5.87. The Hall–Kier alpha value is -1.85. The molecule has 2 rings (SSSR count). The molecule has 0 saturated heterocycles. The molecule has 0 aliphatic heterocycles. The monoisotopic (exact) mass is 307 g/mol. The van der Waals surface area contributed by atoms with Crippen LogP contribution in [0, 0.1) is 6.92 Å². The fraction of sp³-hybridized carbons (Fsp3) is 0.333. The van der Waals surface area contributed by atoms with Crippen molar-refractivity contribution in [1.82, 2.24) is 15.1 Å². The first-order valence-corrected chi connectivity index (χ1v) is 6.93. The molecule has 0 aliphatic rings. The highest BCUT2D eigenvalue weighted by atomic mass is 35.5. The van der Waals surface area contributed by atoms with Gasteiger partial charge in [-0.2, -0.15) is 5.10 Å². The SMILES string of the molecule is Cc1cc(C(=O)NCC(C)(O)c2cnn(C)c2)ccc1Cl. The molecular formula is C15H18ClN3O2. The van der Waals surface area contributed by atoms with Gasteiger partial charge in [-0.25, -0.2) is 0 Å². The lowest BCUT2D eigenvalue weighted by atomic mass is 9.99. The molecule has 21 heavy (non-hydrogen) atoms. The van der Waals surface area contributed by atoms with Crippen LogP contribution in [0.25, 0.3) is 0 Å². The standard InChI is InChI=1S/C15H18ClN3O2/c1-10-6-11(4-5-13(10)16)14(20)17-9-15(2,21)12-7-18-19(3)8-12/h4-8,21H,9H2,1-3H3,(H,17,20). The van der Waals surface area contributed by atoms with Crippen molar-refractivity contribution in [3.05, 3.63) is 52.3 Å². The summed E-state index contributed by atoms with van der Waals surface area (Å²) in [5.41, 5.74) is 0.825. The van der Waals surface area contributed by atoms with Gasteiger partial charge in [-0.05, 0) is 37.6 Å². The zero-order chi connectivity index (χ0) is 15.6. The van der Waals surface area contributed by atoms with Gasteiger partial charge < -0.3 is 10.4 Å². The largest absolute Gasteiger partial charge is 0.383 e. The number of benzene rings is 1. The number of nitrogens with one attached hydrogen (secondary N) is 1. The Morgan fingerprint density at radius 2 is 2.24 bits per heavy atom. The third-order valence-electron chi connectivity index (χ3n) is 3.34. The van der Waals surface area contributed by atoms with Gasteiger partial charge in [-0.15, -0.1) is 0 Å². The highest BCUT2D eigenvalue weighted by Gasteiger charge is 2.25. The van der Waals surface area contributed by atoms with Crippen LogP contribution in [-0.2, 0) is 12.6 Å². The molecule has 5 nitrogen and oxygen atoms in total. The van der Waals surface area contributed by atoms with E-state index in [-0.39, 0.29) is 12.5 Å². The van der Waals surface area contributed by atoms with Crippen molar-refractivity contribution in [1.29, 1.82) is 0 Å². The van der Waals surface area contributed by atoms with Crippen LogP contribution in [0.2, 0.25) is 5.02 Å². The predicted molar refractivity (Wildman–Crippen MR) is 81.3 cm³/mol. The number of nitrogens with zero attached hydrogens (tertiary/aromatic N) is 2. The molecule has 0 bridgehead atoms. The van der Waals surface area contributed by atoms with E-state index in [1.165, 1.54) is 0 Å². The number of aromatic nitrogens is 2. The summed E-state index contributed by atoms with van der Waals surface area (Å²) in [6.07, 6.45) is 3.30. The Morgan fingerprint density at radius 1 is 1.52 bits per heavy atom. The maximum absolute atomic E-state index is 12.1. The van der Waals surface area contributed by atoms with E-state index in [1.54, 1.807) is 49.2 Å². The fourth-order valence-corrected chi connectivity index (χ4v) is 2.06. The Kier molecular flexibility index (Phi) is 4.34. The zero-order valence-corrected chi connectivity index (χ0v) is 13.0. The smallest absolute Gasteiger partial charge is 0.251 e. The van der Waals surface area contributed by atoms with Crippen LogP contribution >= 0.6 is 11.6 Å². The first-order valence-electron chi connectivity index (χ1n) is 6.55. The molecule has 2 N–H and O–H groups in total. The molecule has 1 aromatic heterocycles. The summed E-state index contributed by atoms with van der Waals surface area (Å²) >= 11 is 5.94. The van der Waals surface area contributed by atoms with Gasteiger partial charge in [0.25, 0.3) is 5.91 Å². The summed E-state index contributed by atoms with van der Waals surface area (Å²) in [5, 5.41) is 17.8. The third kappa shape index (κ3) is 3.62. The minimum Gasteiger partial charge on any atom is -0.383 e. The van der Waals surface area contributed by atoms with E-state index in [9.17, 15) is 9.90 Å². The van der Waals surface area contributed by atoms with Crippen molar-refractivity contribution >= 4 is 17.5 Å². The molecule has 0 fully saturated rings. The molecule has 1 atom stereocenters. The number of aryl methyl sites for hydroxylation is 2. The number of aliphatic hydroxyl groups is 1. The molecule has 0 spiro atoms. The molecule has 2 aromatic rings. The minimum atomic E-state index is -1.18. The lowest BCUT2D eigenvalue weighted by Gasteiger charge is -2.22. The van der Waals surface area contributed by atoms with Gasteiger partial charge in [-0.1, -0.05) is 11.6 Å². The minimum absolute atomic E-state index is 0.0964. The Labute approximate surface area is 128 Å². The van der Waals surface area contributed by atoms with E-state index in [0.29, 0.717) is 16.1 Å². The number of hydrogen-bond donors (Lipinski definition) is 2. The van der Waals surface area contributed by atoms with E-state index < -0.39 is 5.60 Å². The van der Waals surface area contributed by atoms with Crippen molar-refractivity contribution in [2.45, 2.75) is 19.4 Å². The second-order valence-electron chi connectivity index (χ2n) is 5.32. The Morgan fingerprint density at radius 3 is 2.81 bits per heavy atom. The normalized spacial score (nSPS) is 13.8. The topological polar surface area (TPSA) is 67.2 Å². The molecule has 0 saturated carbocycles. The number of carbonyl (C=O) groups excluding carboxylic acids is 1. The number of carbonyl (C=O) groups is 1. The molecule has 1 amide bonds. The summed E-state index contributed by atoms with van der Waals surface area (Å²) in [4.78, 5) is 12.1. The molecule has 0 aliphatic carbocycles. The Bertz CT molecular complexity index is 665. The van der Waals surface area contributed by atoms with Crippen molar-refractivity contribution < 1.29 is 9.90 Å². The summed E-state index contributed by atoms with van der Waals surface area (Å²) in [6, 6.07) is 5.06. The summed E-state index contributed by atoms with van der Waals surface area (Å²) in [5.74, 6) is -0.251. The van der Waals surface area contributed by atoms with Crippen LogP contribution in [0.15, 0.2) is 30.6 Å². The van der Waals surface area contributed by atoms with Crippen LogP contribution < -0.4 is 5.32 Å². The van der Waals surface area contributed by atoms with Crippen molar-refractivity contribution in [2.24, 2.45) is 7.05 Å². The van der Waals surface area contributed by atoms with Gasteiger partial charge in [0.15, 0.2) is 0 Å². The van der Waals surface area contributed by atoms with E-state index >= 15 is 0 Å². The van der Waals surface area contributed by atoms with Crippen LogP contribution in [0.3, 0.4) is 0 Å². The molecule has 1 unspecified atom stereocenters. The van der Waals surface area contributed by atoms with E-state index in [1.807, 2.05) is 6.92 Å². The summed E-state index contributed by atoms with van der Waals surface area (Å²) in [6.45, 7) is 3.57. The molecular weight excluding hydrogens is 290 g/mol. The second-order valence-corrected chi connectivity index (χ2v) is 5.73. The lowest BCUT2D eigenvalue weighted by Crippen LogP contribution is -2.38. The van der Waals surface area contributed by atoms with E-state index in [2.05, 4.69) is 10.4 Å². The fourth-order valence-electron chi connectivity index (χ4n) is 1.94. The Balaban J connectivity index is 2.04. The van der Waals surface area contributed by atoms with Crippen molar-refractivity contribution in [3.63, 3.8) is 0 Å². The molecule has 6 heteroatoms. The molecule has 1 aromatic carbocycles. The summed E-state index contributed by atoms with van der Waals surface area (Å²) < 4.78 is 1.61. The number of hydrogen-bond acceptors (Lipinski definition) is 3. The average molecular weight is 308 g/mol. The van der Waals surface area contributed by atoms with Crippen LogP contribution in [-0.4, -0.2) is 27.3 Å². The van der Waals surface area contributed by atoms with Crippen LogP contribution in [0.4, 0.5) is 0 Å². The molecule has 112 valence electrons. The third-order valence-corrected chi connectivity index (χ3v) is 3.76. The highest BCUT2D eigenvalue weighted by molar-refractivity contribution is 6.31. The van der Waals surface area contributed by atoms with Gasteiger partial charge in [0, 0.05) is 29.4 Å². The van der Waals surface area contributed by atoms with Gasteiger partial charge in [0.1, 0.15) is 5.60 Å². The van der Waals surface area contributed by atoms with Crippen molar-refractivity contribution in [3.8, 4) is 0 Å². The predicted octanol–water partition coefficient (Wildman–Crippen LogP) is 2.02. The van der Waals surface area contributed by atoms with Crippen molar-refractivity contribution in [2.75, 3.05) is 6.54 Å². The van der Waals surface area contributed by atoms with Gasteiger partial charge >= 0.3 is 0 Å². The number of rotatable bonds is 4. The summed E-state index contributed by atoms with van der Waals surface area (Å²) in [7, 11) is 1.77. The molecule has 0 radical (unpaired) electrons. The number of amides is 1. The van der Waals surface area contributed by atoms with Gasteiger partial charge in [-0.3, -0.25) is 9.48 Å². The average Bonchev–Trinajstić information content (AvgIpc) is 2.87. The van der Waals surface area contributed by atoms with E-state index in [0.717, 1.165) is 5.56 Å². The number of halogens is 1. The van der Waals surface area contributed by atoms with E-state index in [4.69, 9.17) is 11.6 Å². The highest BCUT2D eigenvalue weighted by Crippen LogP contribution is 2.19. The molecule has 1 heterocycles. The van der Waals surface area contributed by atoms with Crippen LogP contribution in [0.1, 0.15) is 28.4 Å². The van der Waals surface area contributed by atoms with Gasteiger partial charge in [0.2, 0.25) is 0 Å². The van der Waals surface area contributed by atoms with Gasteiger partial charge in [0.05, 0.1) is 12.7 Å².